The Balaban J connectivity index is 1.52. The standard InChI is InChI=1S/C15H20O2S/c16-13-11-14(15(13)7-2-1-3-8-15)17-9-6-12-5-4-10-18-12/h4-5,10,14H,1-3,6-9,11H2. The van der Waals surface area contributed by atoms with Gasteiger partial charge >= 0.3 is 0 Å². The lowest BCUT2D eigenvalue weighted by molar-refractivity contribution is -0.168. The summed E-state index contributed by atoms with van der Waals surface area (Å²) in [5.74, 6) is 0.461. The fourth-order valence-corrected chi connectivity index (χ4v) is 4.06. The average molecular weight is 264 g/mol. The van der Waals surface area contributed by atoms with Crippen molar-refractivity contribution in [1.82, 2.24) is 0 Å². The lowest BCUT2D eigenvalue weighted by atomic mass is 9.57. The molecule has 0 saturated heterocycles. The molecule has 0 N–H and O–H groups in total. The summed E-state index contributed by atoms with van der Waals surface area (Å²) in [5.41, 5.74) is -0.0757. The Labute approximate surface area is 112 Å². The third-order valence-corrected chi connectivity index (χ3v) is 5.47. The van der Waals surface area contributed by atoms with Crippen LogP contribution >= 0.6 is 11.3 Å². The predicted octanol–water partition coefficient (Wildman–Crippen LogP) is 3.60. The zero-order valence-electron chi connectivity index (χ0n) is 10.7. The van der Waals surface area contributed by atoms with Gasteiger partial charge in [-0.3, -0.25) is 4.79 Å². The Kier molecular flexibility index (Phi) is 3.53. The van der Waals surface area contributed by atoms with Gasteiger partial charge in [0.1, 0.15) is 5.78 Å². The van der Waals surface area contributed by atoms with Gasteiger partial charge in [-0.1, -0.05) is 25.3 Å². The second-order valence-electron chi connectivity index (χ2n) is 5.53. The van der Waals surface area contributed by atoms with E-state index in [9.17, 15) is 4.79 Å². The third kappa shape index (κ3) is 2.14. The Morgan fingerprint density at radius 1 is 1.33 bits per heavy atom. The van der Waals surface area contributed by atoms with Gasteiger partial charge in [0.05, 0.1) is 18.1 Å². The van der Waals surface area contributed by atoms with Gasteiger partial charge < -0.3 is 4.74 Å². The van der Waals surface area contributed by atoms with Crippen molar-refractivity contribution in [1.29, 1.82) is 0 Å². The van der Waals surface area contributed by atoms with Gasteiger partial charge in [0, 0.05) is 17.7 Å². The first-order valence-electron chi connectivity index (χ1n) is 6.98. The Morgan fingerprint density at radius 2 is 2.17 bits per heavy atom. The van der Waals surface area contributed by atoms with Crippen molar-refractivity contribution in [2.24, 2.45) is 5.41 Å². The maximum Gasteiger partial charge on any atom is 0.144 e. The van der Waals surface area contributed by atoms with Gasteiger partial charge in [0.15, 0.2) is 0 Å². The van der Waals surface area contributed by atoms with Crippen LogP contribution in [0.15, 0.2) is 17.5 Å². The van der Waals surface area contributed by atoms with Crippen LogP contribution in [0.5, 0.6) is 0 Å². The van der Waals surface area contributed by atoms with Crippen molar-refractivity contribution in [2.75, 3.05) is 6.61 Å². The molecule has 0 aliphatic heterocycles. The van der Waals surface area contributed by atoms with Crippen molar-refractivity contribution < 1.29 is 9.53 Å². The minimum atomic E-state index is -0.0757. The number of ketones is 1. The van der Waals surface area contributed by atoms with E-state index in [0.717, 1.165) is 25.9 Å². The molecule has 0 bridgehead atoms. The largest absolute Gasteiger partial charge is 0.376 e. The van der Waals surface area contributed by atoms with Gasteiger partial charge in [-0.15, -0.1) is 11.3 Å². The number of Topliss-reactive ketones (excluding diaryl/α,β-unsaturated/α-hetero) is 1. The molecular formula is C15H20O2S. The number of carbonyl (C=O) groups is 1. The number of hydrogen-bond acceptors (Lipinski definition) is 3. The normalized spacial score (nSPS) is 26.2. The minimum Gasteiger partial charge on any atom is -0.376 e. The second kappa shape index (κ2) is 5.14. The number of thiophene rings is 1. The van der Waals surface area contributed by atoms with Crippen molar-refractivity contribution in [3.05, 3.63) is 22.4 Å². The molecule has 18 heavy (non-hydrogen) atoms. The first kappa shape index (κ1) is 12.4. The molecule has 2 fully saturated rings. The Morgan fingerprint density at radius 3 is 2.83 bits per heavy atom. The smallest absolute Gasteiger partial charge is 0.144 e. The van der Waals surface area contributed by atoms with E-state index in [4.69, 9.17) is 4.74 Å². The van der Waals surface area contributed by atoms with Crippen LogP contribution in [-0.2, 0) is 16.0 Å². The molecular weight excluding hydrogens is 244 g/mol. The fourth-order valence-electron chi connectivity index (χ4n) is 3.37. The lowest BCUT2D eigenvalue weighted by Gasteiger charge is -2.49. The number of carbonyl (C=O) groups excluding carboxylic acids is 1. The molecule has 1 spiro atoms. The summed E-state index contributed by atoms with van der Waals surface area (Å²) in [5, 5.41) is 2.10. The summed E-state index contributed by atoms with van der Waals surface area (Å²) in [7, 11) is 0. The van der Waals surface area contributed by atoms with Gasteiger partial charge in [-0.2, -0.15) is 0 Å². The first-order chi connectivity index (χ1) is 8.81. The van der Waals surface area contributed by atoms with Gasteiger partial charge in [0.2, 0.25) is 0 Å². The lowest BCUT2D eigenvalue weighted by Crippen LogP contribution is -2.56. The van der Waals surface area contributed by atoms with E-state index >= 15 is 0 Å². The zero-order chi connectivity index (χ0) is 12.4. The Hall–Kier alpha value is -0.670. The van der Waals surface area contributed by atoms with Gasteiger partial charge in [-0.05, 0) is 24.3 Å². The molecule has 3 heteroatoms. The minimum absolute atomic E-state index is 0.0757. The van der Waals surface area contributed by atoms with E-state index in [1.165, 1.54) is 24.1 Å². The SMILES string of the molecule is O=C1CC(OCCc2cccs2)C12CCCCC2. The molecule has 1 aromatic heterocycles. The highest BCUT2D eigenvalue weighted by Gasteiger charge is 2.55. The Bertz CT molecular complexity index is 404. The second-order valence-corrected chi connectivity index (χ2v) is 6.57. The molecule has 1 aromatic rings. The molecule has 98 valence electrons. The summed E-state index contributed by atoms with van der Waals surface area (Å²) >= 11 is 1.78. The summed E-state index contributed by atoms with van der Waals surface area (Å²) < 4.78 is 6.00. The van der Waals surface area contributed by atoms with Crippen LogP contribution in [0.4, 0.5) is 0 Å². The van der Waals surface area contributed by atoms with Crippen molar-refractivity contribution in [3.8, 4) is 0 Å². The fraction of sp³-hybridized carbons (Fsp3) is 0.667. The topological polar surface area (TPSA) is 26.3 Å². The summed E-state index contributed by atoms with van der Waals surface area (Å²) in [6.07, 6.45) is 7.68. The quantitative estimate of drug-likeness (QED) is 0.830. The van der Waals surface area contributed by atoms with Crippen LogP contribution in [0, 0.1) is 5.41 Å². The van der Waals surface area contributed by atoms with Gasteiger partial charge in [-0.25, -0.2) is 0 Å². The van der Waals surface area contributed by atoms with Crippen LogP contribution < -0.4 is 0 Å². The highest BCUT2D eigenvalue weighted by Crippen LogP contribution is 2.50. The highest BCUT2D eigenvalue weighted by molar-refractivity contribution is 7.09. The van der Waals surface area contributed by atoms with Crippen LogP contribution in [0.2, 0.25) is 0 Å². The summed E-state index contributed by atoms with van der Waals surface area (Å²) in [6, 6.07) is 4.23. The molecule has 0 aromatic carbocycles. The maximum atomic E-state index is 11.9. The molecule has 1 atom stereocenters. The zero-order valence-corrected chi connectivity index (χ0v) is 11.5. The van der Waals surface area contributed by atoms with E-state index in [2.05, 4.69) is 17.5 Å². The van der Waals surface area contributed by atoms with Crippen LogP contribution in [0.1, 0.15) is 43.4 Å². The van der Waals surface area contributed by atoms with Crippen molar-refractivity contribution >= 4 is 17.1 Å². The van der Waals surface area contributed by atoms with E-state index in [1.807, 2.05) is 0 Å². The molecule has 2 aliphatic rings. The van der Waals surface area contributed by atoms with E-state index < -0.39 is 0 Å². The molecule has 2 aliphatic carbocycles. The third-order valence-electron chi connectivity index (χ3n) is 4.54. The van der Waals surface area contributed by atoms with Crippen molar-refractivity contribution in [3.63, 3.8) is 0 Å². The molecule has 1 unspecified atom stereocenters. The molecule has 1 heterocycles. The first-order valence-corrected chi connectivity index (χ1v) is 7.86. The predicted molar refractivity (Wildman–Crippen MR) is 72.9 cm³/mol. The van der Waals surface area contributed by atoms with Crippen molar-refractivity contribution in [2.45, 2.75) is 51.0 Å². The van der Waals surface area contributed by atoms with Gasteiger partial charge in [0.25, 0.3) is 0 Å². The van der Waals surface area contributed by atoms with Crippen LogP contribution in [0.3, 0.4) is 0 Å². The molecule has 2 nitrogen and oxygen atoms in total. The average Bonchev–Trinajstić information content (AvgIpc) is 2.92. The number of rotatable bonds is 4. The number of hydrogen-bond donors (Lipinski definition) is 0. The van der Waals surface area contributed by atoms with Crippen LogP contribution in [0.25, 0.3) is 0 Å². The summed E-state index contributed by atoms with van der Waals surface area (Å²) in [6.45, 7) is 0.764. The van der Waals surface area contributed by atoms with E-state index in [-0.39, 0.29) is 11.5 Å². The molecule has 2 saturated carbocycles. The summed E-state index contributed by atoms with van der Waals surface area (Å²) in [4.78, 5) is 13.3. The highest BCUT2D eigenvalue weighted by atomic mass is 32.1. The molecule has 0 radical (unpaired) electrons. The van der Waals surface area contributed by atoms with E-state index in [1.54, 1.807) is 11.3 Å². The van der Waals surface area contributed by atoms with E-state index in [0.29, 0.717) is 12.2 Å². The molecule has 3 rings (SSSR count). The number of ether oxygens (including phenoxy) is 1. The van der Waals surface area contributed by atoms with Crippen LogP contribution in [-0.4, -0.2) is 18.5 Å². The maximum absolute atomic E-state index is 11.9. The molecule has 0 amide bonds. The monoisotopic (exact) mass is 264 g/mol.